The first-order valence-electron chi connectivity index (χ1n) is 5.53. The summed E-state index contributed by atoms with van der Waals surface area (Å²) in [5.74, 6) is -0.919. The van der Waals surface area contributed by atoms with E-state index in [2.05, 4.69) is 31.8 Å². The van der Waals surface area contributed by atoms with Gasteiger partial charge in [0, 0.05) is 27.5 Å². The maximum atomic E-state index is 11.8. The number of hydrogen-bond acceptors (Lipinski definition) is 3. The zero-order valence-electron chi connectivity index (χ0n) is 10.1. The molecule has 0 unspecified atom stereocenters. The van der Waals surface area contributed by atoms with Crippen LogP contribution in [0, 0.1) is 0 Å². The number of carbonyl (C=O) groups excluding carboxylic acids is 2. The quantitative estimate of drug-likeness (QED) is 0.814. The minimum atomic E-state index is -0.464. The second-order valence-electron chi connectivity index (χ2n) is 3.81. The minimum absolute atomic E-state index is 0.325. The van der Waals surface area contributed by atoms with Crippen molar-refractivity contribution in [2.24, 2.45) is 0 Å². The van der Waals surface area contributed by atoms with Crippen LogP contribution in [-0.2, 0) is 0 Å². The van der Waals surface area contributed by atoms with Gasteiger partial charge in [0.05, 0.1) is 5.56 Å². The standard InChI is InChI=1S/C13H9BrClN3O2/c14-10-4-9(6-16-7-10)13(20)18-17-12(19)8-2-1-3-11(15)5-8/h1-7H,(H,17,19)(H,18,20). The van der Waals surface area contributed by atoms with Crippen molar-refractivity contribution in [1.82, 2.24) is 15.8 Å². The lowest BCUT2D eigenvalue weighted by Gasteiger charge is -2.07. The molecule has 0 atom stereocenters. The van der Waals surface area contributed by atoms with Gasteiger partial charge in [-0.1, -0.05) is 17.7 Å². The van der Waals surface area contributed by atoms with Crippen molar-refractivity contribution < 1.29 is 9.59 Å². The summed E-state index contributed by atoms with van der Waals surface area (Å²) in [6.45, 7) is 0. The summed E-state index contributed by atoms with van der Waals surface area (Å²) in [6, 6.07) is 7.99. The number of hydrogen-bond donors (Lipinski definition) is 2. The Morgan fingerprint density at radius 1 is 1.05 bits per heavy atom. The summed E-state index contributed by atoms with van der Waals surface area (Å²) in [6.07, 6.45) is 2.95. The van der Waals surface area contributed by atoms with Crippen LogP contribution in [0.15, 0.2) is 47.2 Å². The van der Waals surface area contributed by atoms with E-state index >= 15 is 0 Å². The second-order valence-corrected chi connectivity index (χ2v) is 5.16. The number of halogens is 2. The van der Waals surface area contributed by atoms with Crippen molar-refractivity contribution in [3.8, 4) is 0 Å². The van der Waals surface area contributed by atoms with Gasteiger partial charge in [0.15, 0.2) is 0 Å². The summed E-state index contributed by atoms with van der Waals surface area (Å²) in [7, 11) is 0. The third-order valence-corrected chi connectivity index (χ3v) is 3.01. The van der Waals surface area contributed by atoms with Gasteiger partial charge in [0.1, 0.15) is 0 Å². The molecule has 2 aromatic rings. The Bertz CT molecular complexity index is 606. The molecule has 5 nitrogen and oxygen atoms in total. The predicted octanol–water partition coefficient (Wildman–Crippen LogP) is 2.57. The van der Waals surface area contributed by atoms with Crippen LogP contribution in [0.25, 0.3) is 0 Å². The first kappa shape index (κ1) is 14.5. The first-order valence-corrected chi connectivity index (χ1v) is 6.70. The van der Waals surface area contributed by atoms with Gasteiger partial charge in [-0.3, -0.25) is 25.4 Å². The number of nitrogens with one attached hydrogen (secondary N) is 2. The monoisotopic (exact) mass is 353 g/mol. The van der Waals surface area contributed by atoms with Crippen LogP contribution in [-0.4, -0.2) is 16.8 Å². The highest BCUT2D eigenvalue weighted by Gasteiger charge is 2.09. The molecular formula is C13H9BrClN3O2. The van der Waals surface area contributed by atoms with Gasteiger partial charge in [0.25, 0.3) is 11.8 Å². The molecule has 0 fully saturated rings. The first-order chi connectivity index (χ1) is 9.56. The van der Waals surface area contributed by atoms with Gasteiger partial charge in [-0.05, 0) is 40.2 Å². The largest absolute Gasteiger partial charge is 0.271 e. The number of amides is 2. The molecule has 1 heterocycles. The number of carbonyl (C=O) groups is 2. The van der Waals surface area contributed by atoms with Crippen LogP contribution in [0.3, 0.4) is 0 Å². The van der Waals surface area contributed by atoms with E-state index in [1.165, 1.54) is 12.3 Å². The Balaban J connectivity index is 1.98. The molecule has 0 aliphatic heterocycles. The highest BCUT2D eigenvalue weighted by atomic mass is 79.9. The van der Waals surface area contributed by atoms with E-state index < -0.39 is 11.8 Å². The molecule has 0 saturated carbocycles. The lowest BCUT2D eigenvalue weighted by Crippen LogP contribution is -2.41. The molecule has 0 spiro atoms. The van der Waals surface area contributed by atoms with Gasteiger partial charge in [0.2, 0.25) is 0 Å². The maximum Gasteiger partial charge on any atom is 0.271 e. The molecule has 0 aliphatic rings. The van der Waals surface area contributed by atoms with Crippen LogP contribution in [0.1, 0.15) is 20.7 Å². The Labute approximate surface area is 128 Å². The Morgan fingerprint density at radius 2 is 1.75 bits per heavy atom. The van der Waals surface area contributed by atoms with E-state index in [0.717, 1.165) is 0 Å². The summed E-state index contributed by atoms with van der Waals surface area (Å²) in [5, 5.41) is 0.445. The van der Waals surface area contributed by atoms with E-state index in [0.29, 0.717) is 20.6 Å². The highest BCUT2D eigenvalue weighted by molar-refractivity contribution is 9.10. The normalized spacial score (nSPS) is 9.90. The average Bonchev–Trinajstić information content (AvgIpc) is 2.44. The number of rotatable bonds is 2. The van der Waals surface area contributed by atoms with E-state index in [4.69, 9.17) is 11.6 Å². The number of aromatic nitrogens is 1. The van der Waals surface area contributed by atoms with Crippen LogP contribution in [0.5, 0.6) is 0 Å². The van der Waals surface area contributed by atoms with Gasteiger partial charge < -0.3 is 0 Å². The molecule has 102 valence electrons. The van der Waals surface area contributed by atoms with Crippen molar-refractivity contribution in [1.29, 1.82) is 0 Å². The molecule has 0 radical (unpaired) electrons. The third kappa shape index (κ3) is 3.79. The SMILES string of the molecule is O=C(NNC(=O)c1cncc(Br)c1)c1cccc(Cl)c1. The fourth-order valence-corrected chi connectivity index (χ4v) is 1.98. The van der Waals surface area contributed by atoms with Crippen molar-refractivity contribution >= 4 is 39.3 Å². The lowest BCUT2D eigenvalue weighted by atomic mass is 10.2. The van der Waals surface area contributed by atoms with Crippen LogP contribution >= 0.6 is 27.5 Å². The highest BCUT2D eigenvalue weighted by Crippen LogP contribution is 2.11. The minimum Gasteiger partial charge on any atom is -0.267 e. The molecule has 1 aromatic heterocycles. The molecule has 2 N–H and O–H groups in total. The van der Waals surface area contributed by atoms with E-state index in [1.54, 1.807) is 30.5 Å². The molecule has 0 bridgehead atoms. The third-order valence-electron chi connectivity index (χ3n) is 2.34. The summed E-state index contributed by atoms with van der Waals surface area (Å²) < 4.78 is 0.673. The predicted molar refractivity (Wildman–Crippen MR) is 78.3 cm³/mol. The molecule has 2 amide bonds. The zero-order chi connectivity index (χ0) is 14.5. The summed E-state index contributed by atoms with van der Waals surface area (Å²) >= 11 is 8.99. The molecule has 7 heteroatoms. The number of benzene rings is 1. The number of nitrogens with zero attached hydrogens (tertiary/aromatic N) is 1. The molecule has 2 rings (SSSR count). The maximum absolute atomic E-state index is 11.8. The molecular weight excluding hydrogens is 346 g/mol. The van der Waals surface area contributed by atoms with Crippen LogP contribution in [0.4, 0.5) is 0 Å². The van der Waals surface area contributed by atoms with Crippen molar-refractivity contribution in [2.45, 2.75) is 0 Å². The molecule has 0 aliphatic carbocycles. The molecule has 20 heavy (non-hydrogen) atoms. The van der Waals surface area contributed by atoms with Crippen molar-refractivity contribution in [2.75, 3.05) is 0 Å². The molecule has 1 aromatic carbocycles. The Morgan fingerprint density at radius 3 is 2.40 bits per heavy atom. The molecule has 0 saturated heterocycles. The van der Waals surface area contributed by atoms with E-state index in [9.17, 15) is 9.59 Å². The number of hydrazine groups is 1. The van der Waals surface area contributed by atoms with Gasteiger partial charge in [-0.2, -0.15) is 0 Å². The summed E-state index contributed by atoms with van der Waals surface area (Å²) in [5.41, 5.74) is 5.28. The van der Waals surface area contributed by atoms with Crippen molar-refractivity contribution in [3.05, 3.63) is 63.3 Å². The fraction of sp³-hybridized carbons (Fsp3) is 0. The number of pyridine rings is 1. The lowest BCUT2D eigenvalue weighted by molar-refractivity contribution is 0.0846. The Kier molecular flexibility index (Phi) is 4.70. The smallest absolute Gasteiger partial charge is 0.267 e. The van der Waals surface area contributed by atoms with E-state index in [-0.39, 0.29) is 0 Å². The van der Waals surface area contributed by atoms with Gasteiger partial charge >= 0.3 is 0 Å². The topological polar surface area (TPSA) is 71.1 Å². The average molecular weight is 355 g/mol. The zero-order valence-corrected chi connectivity index (χ0v) is 12.4. The summed E-state index contributed by atoms with van der Waals surface area (Å²) in [4.78, 5) is 27.4. The van der Waals surface area contributed by atoms with Crippen LogP contribution in [0.2, 0.25) is 5.02 Å². The van der Waals surface area contributed by atoms with Gasteiger partial charge in [-0.15, -0.1) is 0 Å². The fourth-order valence-electron chi connectivity index (χ4n) is 1.42. The Hall–Kier alpha value is -1.92. The van der Waals surface area contributed by atoms with Crippen molar-refractivity contribution in [3.63, 3.8) is 0 Å². The van der Waals surface area contributed by atoms with E-state index in [1.807, 2.05) is 0 Å². The van der Waals surface area contributed by atoms with Gasteiger partial charge in [-0.25, -0.2) is 0 Å². The second kappa shape index (κ2) is 6.49. The van der Waals surface area contributed by atoms with Crippen LogP contribution < -0.4 is 10.9 Å².